The Bertz CT molecular complexity index is 1010. The zero-order valence-electron chi connectivity index (χ0n) is 15.3. The highest BCUT2D eigenvalue weighted by Crippen LogP contribution is 2.26. The Balaban J connectivity index is 2.00. The van der Waals surface area contributed by atoms with Gasteiger partial charge in [-0.25, -0.2) is 5.10 Å². The predicted molar refractivity (Wildman–Crippen MR) is 110 cm³/mol. The monoisotopic (exact) mass is 387 g/mol. The number of rotatable bonds is 5. The van der Waals surface area contributed by atoms with E-state index in [4.69, 9.17) is 23.8 Å². The van der Waals surface area contributed by atoms with Crippen LogP contribution < -0.4 is 0 Å². The van der Waals surface area contributed by atoms with Gasteiger partial charge in [0, 0.05) is 29.1 Å². The van der Waals surface area contributed by atoms with Gasteiger partial charge in [-0.3, -0.25) is 0 Å². The molecule has 7 heteroatoms. The molecule has 0 radical (unpaired) electrons. The van der Waals surface area contributed by atoms with Gasteiger partial charge in [0.2, 0.25) is 4.77 Å². The van der Waals surface area contributed by atoms with E-state index in [2.05, 4.69) is 53.6 Å². The van der Waals surface area contributed by atoms with E-state index in [0.717, 1.165) is 17.7 Å². The number of hydrogen-bond donors (Lipinski definition) is 1. The van der Waals surface area contributed by atoms with Crippen LogP contribution in [0.15, 0.2) is 35.4 Å². The molecule has 26 heavy (non-hydrogen) atoms. The Morgan fingerprint density at radius 1 is 1.31 bits per heavy atom. The fourth-order valence-electron chi connectivity index (χ4n) is 2.94. The molecule has 3 aromatic rings. The van der Waals surface area contributed by atoms with E-state index in [0.29, 0.717) is 21.5 Å². The average molecular weight is 388 g/mol. The first-order chi connectivity index (χ1) is 12.4. The van der Waals surface area contributed by atoms with Gasteiger partial charge in [0.05, 0.1) is 11.2 Å². The molecule has 0 spiro atoms. The second kappa shape index (κ2) is 7.60. The number of aromatic amines is 1. The SMILES string of the molecule is Cc1cc(/C=N\n2c(-c3ccccc3Cl)n[nH]c2=S)c(C)n1CC(C)C. The molecule has 1 N–H and O–H groups in total. The van der Waals surface area contributed by atoms with Crippen LogP contribution in [0.2, 0.25) is 5.02 Å². The van der Waals surface area contributed by atoms with Gasteiger partial charge in [0.1, 0.15) is 0 Å². The van der Waals surface area contributed by atoms with Crippen LogP contribution in [0, 0.1) is 24.5 Å². The predicted octanol–water partition coefficient (Wildman–Crippen LogP) is 5.22. The third kappa shape index (κ3) is 3.66. The lowest BCUT2D eigenvalue weighted by Crippen LogP contribution is -2.08. The van der Waals surface area contributed by atoms with Gasteiger partial charge in [0.15, 0.2) is 5.82 Å². The van der Waals surface area contributed by atoms with Gasteiger partial charge < -0.3 is 4.57 Å². The number of aryl methyl sites for hydroxylation is 1. The highest BCUT2D eigenvalue weighted by Gasteiger charge is 2.12. The molecule has 1 aromatic carbocycles. The molecule has 0 aliphatic heterocycles. The van der Waals surface area contributed by atoms with Crippen LogP contribution in [0.3, 0.4) is 0 Å². The van der Waals surface area contributed by atoms with E-state index < -0.39 is 0 Å². The maximum atomic E-state index is 6.30. The van der Waals surface area contributed by atoms with Gasteiger partial charge in [0.25, 0.3) is 0 Å². The molecule has 0 aliphatic rings. The van der Waals surface area contributed by atoms with Gasteiger partial charge in [-0.05, 0) is 50.2 Å². The number of nitrogens with one attached hydrogen (secondary N) is 1. The van der Waals surface area contributed by atoms with Crippen LogP contribution in [-0.4, -0.2) is 25.7 Å². The normalized spacial score (nSPS) is 11.8. The van der Waals surface area contributed by atoms with Crippen molar-refractivity contribution >= 4 is 30.0 Å². The maximum absolute atomic E-state index is 6.30. The topological polar surface area (TPSA) is 50.9 Å². The smallest absolute Gasteiger partial charge is 0.216 e. The third-order valence-electron chi connectivity index (χ3n) is 4.24. The van der Waals surface area contributed by atoms with Crippen molar-refractivity contribution < 1.29 is 0 Å². The van der Waals surface area contributed by atoms with Crippen LogP contribution in [0.5, 0.6) is 0 Å². The molecule has 0 unspecified atom stereocenters. The van der Waals surface area contributed by atoms with Crippen LogP contribution in [0.25, 0.3) is 11.4 Å². The molecule has 0 saturated heterocycles. The van der Waals surface area contributed by atoms with Crippen molar-refractivity contribution in [2.75, 3.05) is 0 Å². The minimum absolute atomic E-state index is 0.423. The van der Waals surface area contributed by atoms with E-state index >= 15 is 0 Å². The fraction of sp³-hybridized carbons (Fsp3) is 0.316. The second-order valence-electron chi connectivity index (χ2n) is 6.72. The molecular formula is C19H22ClN5S. The molecule has 0 amide bonds. The lowest BCUT2D eigenvalue weighted by molar-refractivity contribution is 0.509. The van der Waals surface area contributed by atoms with Crippen molar-refractivity contribution in [1.29, 1.82) is 0 Å². The average Bonchev–Trinajstić information content (AvgIpc) is 3.08. The summed E-state index contributed by atoms with van der Waals surface area (Å²) in [7, 11) is 0. The third-order valence-corrected chi connectivity index (χ3v) is 4.83. The summed E-state index contributed by atoms with van der Waals surface area (Å²) in [6.07, 6.45) is 1.82. The Morgan fingerprint density at radius 2 is 2.04 bits per heavy atom. The Labute approximate surface area is 163 Å². The fourth-order valence-corrected chi connectivity index (χ4v) is 3.34. The van der Waals surface area contributed by atoms with E-state index in [9.17, 15) is 0 Å². The number of benzene rings is 1. The maximum Gasteiger partial charge on any atom is 0.216 e. The summed E-state index contributed by atoms with van der Waals surface area (Å²) in [6.45, 7) is 9.65. The summed E-state index contributed by atoms with van der Waals surface area (Å²) in [4.78, 5) is 0. The Kier molecular flexibility index (Phi) is 5.44. The van der Waals surface area contributed by atoms with E-state index in [-0.39, 0.29) is 0 Å². The minimum Gasteiger partial charge on any atom is -0.348 e. The summed E-state index contributed by atoms with van der Waals surface area (Å²) in [5.74, 6) is 1.17. The summed E-state index contributed by atoms with van der Waals surface area (Å²) in [6, 6.07) is 9.65. The van der Waals surface area contributed by atoms with Crippen molar-refractivity contribution in [2.24, 2.45) is 11.0 Å². The first-order valence-electron chi connectivity index (χ1n) is 8.52. The van der Waals surface area contributed by atoms with Crippen molar-refractivity contribution in [3.8, 4) is 11.4 Å². The summed E-state index contributed by atoms with van der Waals surface area (Å²) >= 11 is 11.6. The molecule has 0 fully saturated rings. The Hall–Kier alpha value is -2.18. The number of aromatic nitrogens is 4. The van der Waals surface area contributed by atoms with Crippen molar-refractivity contribution in [2.45, 2.75) is 34.2 Å². The minimum atomic E-state index is 0.423. The molecular weight excluding hydrogens is 366 g/mol. The van der Waals surface area contributed by atoms with Crippen molar-refractivity contribution in [3.63, 3.8) is 0 Å². The number of H-pyrrole nitrogens is 1. The van der Waals surface area contributed by atoms with Crippen LogP contribution in [-0.2, 0) is 6.54 Å². The quantitative estimate of drug-likeness (QED) is 0.482. The molecule has 0 aliphatic carbocycles. The standard InChI is InChI=1S/C19H22ClN5S/c1-12(2)11-24-13(3)9-15(14(24)4)10-21-25-18(22-23-19(25)26)16-7-5-6-8-17(16)20/h5-10,12H,11H2,1-4H3,(H,23,26)/b21-10-. The molecule has 2 heterocycles. The van der Waals surface area contributed by atoms with Crippen molar-refractivity contribution in [3.05, 3.63) is 57.1 Å². The summed E-state index contributed by atoms with van der Waals surface area (Å²) in [5, 5.41) is 12.3. The second-order valence-corrected chi connectivity index (χ2v) is 7.51. The summed E-state index contributed by atoms with van der Waals surface area (Å²) < 4.78 is 4.34. The van der Waals surface area contributed by atoms with E-state index in [1.807, 2.05) is 30.5 Å². The molecule has 2 aromatic heterocycles. The van der Waals surface area contributed by atoms with E-state index in [1.165, 1.54) is 11.4 Å². The number of halogens is 1. The largest absolute Gasteiger partial charge is 0.348 e. The molecule has 3 rings (SSSR count). The molecule has 136 valence electrons. The molecule has 0 saturated carbocycles. The molecule has 0 bridgehead atoms. The highest BCUT2D eigenvalue weighted by atomic mass is 35.5. The first-order valence-corrected chi connectivity index (χ1v) is 9.30. The van der Waals surface area contributed by atoms with Gasteiger partial charge >= 0.3 is 0 Å². The van der Waals surface area contributed by atoms with Gasteiger partial charge in [-0.15, -0.1) is 0 Å². The van der Waals surface area contributed by atoms with Crippen LogP contribution >= 0.6 is 23.8 Å². The number of hydrogen-bond acceptors (Lipinski definition) is 3. The van der Waals surface area contributed by atoms with Gasteiger partial charge in [-0.1, -0.05) is 37.6 Å². The zero-order chi connectivity index (χ0) is 18.8. The van der Waals surface area contributed by atoms with E-state index in [1.54, 1.807) is 4.68 Å². The van der Waals surface area contributed by atoms with Crippen LogP contribution in [0.1, 0.15) is 30.8 Å². The highest BCUT2D eigenvalue weighted by molar-refractivity contribution is 7.71. The number of nitrogens with zero attached hydrogens (tertiary/aromatic N) is 4. The Morgan fingerprint density at radius 3 is 2.73 bits per heavy atom. The zero-order valence-corrected chi connectivity index (χ0v) is 16.9. The molecule has 5 nitrogen and oxygen atoms in total. The first kappa shape index (κ1) is 18.6. The van der Waals surface area contributed by atoms with Crippen LogP contribution in [0.4, 0.5) is 0 Å². The summed E-state index contributed by atoms with van der Waals surface area (Å²) in [5.41, 5.74) is 4.26. The van der Waals surface area contributed by atoms with Crippen molar-refractivity contribution in [1.82, 2.24) is 19.4 Å². The lowest BCUT2D eigenvalue weighted by Gasteiger charge is -2.11. The molecule has 0 atom stereocenters. The lowest BCUT2D eigenvalue weighted by atomic mass is 10.2. The van der Waals surface area contributed by atoms with Gasteiger partial charge in [-0.2, -0.15) is 14.9 Å².